The number of anilines is 2. The summed E-state index contributed by atoms with van der Waals surface area (Å²) >= 11 is 6.24. The van der Waals surface area contributed by atoms with Crippen LogP contribution in [0.1, 0.15) is 0 Å². The Hall–Kier alpha value is -2.97. The maximum atomic E-state index is 6.24. The molecule has 0 amide bonds. The highest BCUT2D eigenvalue weighted by Crippen LogP contribution is 2.47. The van der Waals surface area contributed by atoms with Crippen molar-refractivity contribution in [2.24, 2.45) is 0 Å². The van der Waals surface area contributed by atoms with Gasteiger partial charge in [0.15, 0.2) is 0 Å². The molecule has 5 rings (SSSR count). The van der Waals surface area contributed by atoms with E-state index in [0.717, 1.165) is 28.4 Å². The Kier molecular flexibility index (Phi) is 3.19. The summed E-state index contributed by atoms with van der Waals surface area (Å²) in [7, 11) is 0. The SMILES string of the molecule is Clc1ccccc1Nc1ccc2c(c1)Oc1cccc3cccc-2c13. The van der Waals surface area contributed by atoms with Crippen molar-refractivity contribution in [2.75, 3.05) is 5.32 Å². The van der Waals surface area contributed by atoms with Crippen molar-refractivity contribution < 1.29 is 4.74 Å². The Labute approximate surface area is 150 Å². The van der Waals surface area contributed by atoms with Crippen molar-refractivity contribution >= 4 is 33.7 Å². The summed E-state index contributed by atoms with van der Waals surface area (Å²) in [6.07, 6.45) is 0. The van der Waals surface area contributed by atoms with Crippen LogP contribution in [0, 0.1) is 0 Å². The lowest BCUT2D eigenvalue weighted by molar-refractivity contribution is 0.487. The van der Waals surface area contributed by atoms with Gasteiger partial charge in [0.05, 0.1) is 10.7 Å². The maximum Gasteiger partial charge on any atom is 0.137 e. The molecule has 25 heavy (non-hydrogen) atoms. The summed E-state index contributed by atoms with van der Waals surface area (Å²) in [5, 5.41) is 6.41. The van der Waals surface area contributed by atoms with Crippen molar-refractivity contribution in [3.8, 4) is 22.6 Å². The van der Waals surface area contributed by atoms with E-state index in [1.807, 2.05) is 42.5 Å². The number of rotatable bonds is 2. The molecule has 0 bridgehead atoms. The molecule has 0 aromatic heterocycles. The van der Waals surface area contributed by atoms with Crippen LogP contribution in [0.2, 0.25) is 5.02 Å². The molecule has 120 valence electrons. The number of hydrogen-bond acceptors (Lipinski definition) is 2. The molecule has 4 aromatic carbocycles. The molecule has 0 unspecified atom stereocenters. The molecule has 1 aliphatic heterocycles. The molecule has 3 heteroatoms. The van der Waals surface area contributed by atoms with Crippen molar-refractivity contribution in [1.82, 2.24) is 0 Å². The van der Waals surface area contributed by atoms with Crippen molar-refractivity contribution in [1.29, 1.82) is 0 Å². The molecule has 4 aromatic rings. The lowest BCUT2D eigenvalue weighted by atomic mass is 9.94. The van der Waals surface area contributed by atoms with Crippen LogP contribution >= 0.6 is 11.6 Å². The summed E-state index contributed by atoms with van der Waals surface area (Å²) in [6, 6.07) is 26.4. The van der Waals surface area contributed by atoms with Gasteiger partial charge in [-0.1, -0.05) is 54.1 Å². The van der Waals surface area contributed by atoms with Gasteiger partial charge in [0.2, 0.25) is 0 Å². The Balaban J connectivity index is 1.62. The molecular weight excluding hydrogens is 330 g/mol. The van der Waals surface area contributed by atoms with Crippen LogP contribution in [0.3, 0.4) is 0 Å². The van der Waals surface area contributed by atoms with E-state index in [-0.39, 0.29) is 0 Å². The van der Waals surface area contributed by atoms with Crippen LogP contribution in [0.4, 0.5) is 11.4 Å². The van der Waals surface area contributed by atoms with Gasteiger partial charge in [-0.15, -0.1) is 0 Å². The molecule has 0 fully saturated rings. The summed E-state index contributed by atoms with van der Waals surface area (Å²) in [5.41, 5.74) is 4.13. The standard InChI is InChI=1S/C22H14ClNO/c23-18-8-1-2-9-19(18)24-15-11-12-16-17-7-3-5-14-6-4-10-20(22(14)17)25-21(16)13-15/h1-13,24H. The number of hydrogen-bond donors (Lipinski definition) is 1. The lowest BCUT2D eigenvalue weighted by Crippen LogP contribution is -1.98. The first-order chi connectivity index (χ1) is 12.3. The Morgan fingerprint density at radius 2 is 1.56 bits per heavy atom. The van der Waals surface area contributed by atoms with Crippen LogP contribution in [0.5, 0.6) is 11.5 Å². The molecule has 1 aliphatic rings. The van der Waals surface area contributed by atoms with Crippen molar-refractivity contribution in [2.45, 2.75) is 0 Å². The van der Waals surface area contributed by atoms with E-state index in [4.69, 9.17) is 16.3 Å². The summed E-state index contributed by atoms with van der Waals surface area (Å²) < 4.78 is 6.19. The van der Waals surface area contributed by atoms with E-state index < -0.39 is 0 Å². The predicted octanol–water partition coefficient (Wildman–Crippen LogP) is 7.01. The van der Waals surface area contributed by atoms with Gasteiger partial charge in [0.1, 0.15) is 11.5 Å². The Morgan fingerprint density at radius 1 is 0.720 bits per heavy atom. The molecule has 0 spiro atoms. The van der Waals surface area contributed by atoms with E-state index >= 15 is 0 Å². The zero-order valence-corrected chi connectivity index (χ0v) is 14.0. The molecular formula is C22H14ClNO. The van der Waals surface area contributed by atoms with Crippen LogP contribution < -0.4 is 10.1 Å². The van der Waals surface area contributed by atoms with E-state index in [9.17, 15) is 0 Å². The molecule has 0 atom stereocenters. The van der Waals surface area contributed by atoms with Crippen LogP contribution in [-0.4, -0.2) is 0 Å². The van der Waals surface area contributed by atoms with Gasteiger partial charge in [0.25, 0.3) is 0 Å². The number of nitrogens with one attached hydrogen (secondary N) is 1. The molecule has 1 heterocycles. The third-order valence-electron chi connectivity index (χ3n) is 4.51. The number of fused-ring (bicyclic) bond motifs is 2. The van der Waals surface area contributed by atoms with Gasteiger partial charge >= 0.3 is 0 Å². The number of para-hydroxylation sites is 1. The lowest BCUT2D eigenvalue weighted by Gasteiger charge is -2.22. The average molecular weight is 344 g/mol. The van der Waals surface area contributed by atoms with Gasteiger partial charge in [-0.2, -0.15) is 0 Å². The number of benzene rings is 4. The number of ether oxygens (including phenoxy) is 1. The van der Waals surface area contributed by atoms with Crippen LogP contribution in [0.25, 0.3) is 21.9 Å². The minimum absolute atomic E-state index is 0.691. The van der Waals surface area contributed by atoms with Crippen LogP contribution in [0.15, 0.2) is 78.9 Å². The molecule has 0 saturated heterocycles. The Bertz CT molecular complexity index is 1110. The first-order valence-electron chi connectivity index (χ1n) is 8.15. The molecule has 0 radical (unpaired) electrons. The van der Waals surface area contributed by atoms with E-state index in [0.29, 0.717) is 5.02 Å². The zero-order valence-electron chi connectivity index (χ0n) is 13.3. The normalized spacial score (nSPS) is 11.7. The van der Waals surface area contributed by atoms with E-state index in [1.165, 1.54) is 16.3 Å². The first kappa shape index (κ1) is 14.4. The van der Waals surface area contributed by atoms with E-state index in [2.05, 4.69) is 41.7 Å². The topological polar surface area (TPSA) is 21.3 Å². The number of halogens is 1. The monoisotopic (exact) mass is 343 g/mol. The minimum atomic E-state index is 0.691. The summed E-state index contributed by atoms with van der Waals surface area (Å²) in [4.78, 5) is 0. The van der Waals surface area contributed by atoms with Gasteiger partial charge in [0, 0.05) is 22.7 Å². The average Bonchev–Trinajstić information content (AvgIpc) is 2.64. The van der Waals surface area contributed by atoms with E-state index in [1.54, 1.807) is 0 Å². The fourth-order valence-corrected chi connectivity index (χ4v) is 3.54. The second kappa shape index (κ2) is 5.54. The van der Waals surface area contributed by atoms with Gasteiger partial charge < -0.3 is 10.1 Å². The largest absolute Gasteiger partial charge is 0.456 e. The maximum absolute atomic E-state index is 6.24. The van der Waals surface area contributed by atoms with Gasteiger partial charge in [-0.05, 0) is 41.3 Å². The summed E-state index contributed by atoms with van der Waals surface area (Å²) in [6.45, 7) is 0. The highest BCUT2D eigenvalue weighted by atomic mass is 35.5. The fourth-order valence-electron chi connectivity index (χ4n) is 3.36. The third kappa shape index (κ3) is 2.34. The smallest absolute Gasteiger partial charge is 0.137 e. The first-order valence-corrected chi connectivity index (χ1v) is 8.53. The van der Waals surface area contributed by atoms with Crippen molar-refractivity contribution in [3.05, 3.63) is 83.9 Å². The zero-order chi connectivity index (χ0) is 16.8. The fraction of sp³-hybridized carbons (Fsp3) is 0. The highest BCUT2D eigenvalue weighted by Gasteiger charge is 2.19. The Morgan fingerprint density at radius 3 is 2.44 bits per heavy atom. The quantitative estimate of drug-likeness (QED) is 0.372. The predicted molar refractivity (Wildman–Crippen MR) is 104 cm³/mol. The van der Waals surface area contributed by atoms with Gasteiger partial charge in [-0.3, -0.25) is 0 Å². The molecule has 0 saturated carbocycles. The molecule has 1 N–H and O–H groups in total. The van der Waals surface area contributed by atoms with Crippen molar-refractivity contribution in [3.63, 3.8) is 0 Å². The van der Waals surface area contributed by atoms with Gasteiger partial charge in [-0.25, -0.2) is 0 Å². The second-order valence-electron chi connectivity index (χ2n) is 6.08. The highest BCUT2D eigenvalue weighted by molar-refractivity contribution is 6.33. The summed E-state index contributed by atoms with van der Waals surface area (Å²) in [5.74, 6) is 1.75. The molecule has 2 nitrogen and oxygen atoms in total. The second-order valence-corrected chi connectivity index (χ2v) is 6.48. The minimum Gasteiger partial charge on any atom is -0.456 e. The third-order valence-corrected chi connectivity index (χ3v) is 4.84. The van der Waals surface area contributed by atoms with Crippen LogP contribution in [-0.2, 0) is 0 Å². The molecule has 0 aliphatic carbocycles.